The van der Waals surface area contributed by atoms with E-state index >= 15 is 0 Å². The highest BCUT2D eigenvalue weighted by molar-refractivity contribution is 5.78. The van der Waals surface area contributed by atoms with Crippen molar-refractivity contribution in [2.75, 3.05) is 19.7 Å². The van der Waals surface area contributed by atoms with E-state index in [9.17, 15) is 9.59 Å². The molecule has 0 heterocycles. The fourth-order valence-corrected chi connectivity index (χ4v) is 1.43. The number of nitrogens with zero attached hydrogens (tertiary/aromatic N) is 1. The molecule has 1 atom stereocenters. The molecule has 106 valence electrons. The van der Waals surface area contributed by atoms with Crippen LogP contribution in [0.3, 0.4) is 0 Å². The molecule has 0 aliphatic carbocycles. The predicted molar refractivity (Wildman–Crippen MR) is 68.4 cm³/mol. The molecule has 2 amide bonds. The van der Waals surface area contributed by atoms with Crippen molar-refractivity contribution in [3.05, 3.63) is 0 Å². The molecule has 0 aromatic rings. The molecule has 18 heavy (non-hydrogen) atoms. The number of carbonyl (C=O) groups is 2. The molecule has 0 saturated carbocycles. The molecular weight excluding hydrogens is 236 g/mol. The maximum absolute atomic E-state index is 11.9. The number of carboxylic acid groups (broad SMARTS) is 1. The van der Waals surface area contributed by atoms with Crippen molar-refractivity contribution in [1.29, 1.82) is 0 Å². The number of hydrogen-bond acceptors (Lipinski definition) is 3. The van der Waals surface area contributed by atoms with Crippen LogP contribution >= 0.6 is 0 Å². The second-order valence-corrected chi connectivity index (χ2v) is 4.89. The van der Waals surface area contributed by atoms with Crippen LogP contribution in [0.25, 0.3) is 0 Å². The zero-order valence-electron chi connectivity index (χ0n) is 11.6. The van der Waals surface area contributed by atoms with Crippen LogP contribution in [0.5, 0.6) is 0 Å². The van der Waals surface area contributed by atoms with E-state index < -0.39 is 11.4 Å². The molecule has 0 aliphatic rings. The van der Waals surface area contributed by atoms with Gasteiger partial charge < -0.3 is 20.4 Å². The highest BCUT2D eigenvalue weighted by atomic mass is 16.4. The molecule has 0 bridgehead atoms. The van der Waals surface area contributed by atoms with Crippen molar-refractivity contribution < 1.29 is 19.8 Å². The van der Waals surface area contributed by atoms with E-state index in [-0.39, 0.29) is 31.8 Å². The Morgan fingerprint density at radius 1 is 1.39 bits per heavy atom. The predicted octanol–water partition coefficient (Wildman–Crippen LogP) is 0.900. The summed E-state index contributed by atoms with van der Waals surface area (Å²) in [5, 5.41) is 20.6. The smallest absolute Gasteiger partial charge is 0.317 e. The third-order valence-corrected chi connectivity index (χ3v) is 3.15. The molecule has 0 saturated heterocycles. The van der Waals surface area contributed by atoms with Gasteiger partial charge in [-0.25, -0.2) is 4.79 Å². The van der Waals surface area contributed by atoms with Gasteiger partial charge in [0.2, 0.25) is 0 Å². The third kappa shape index (κ3) is 4.52. The van der Waals surface area contributed by atoms with Gasteiger partial charge in [-0.05, 0) is 27.2 Å². The minimum atomic E-state index is -0.961. The summed E-state index contributed by atoms with van der Waals surface area (Å²) >= 11 is 0. The topological polar surface area (TPSA) is 89.9 Å². The summed E-state index contributed by atoms with van der Waals surface area (Å²) in [6.07, 6.45) is 0.435. The average molecular weight is 260 g/mol. The molecule has 0 spiro atoms. The third-order valence-electron chi connectivity index (χ3n) is 3.15. The van der Waals surface area contributed by atoms with Gasteiger partial charge in [-0.15, -0.1) is 0 Å². The van der Waals surface area contributed by atoms with E-state index in [0.717, 1.165) is 0 Å². The zero-order chi connectivity index (χ0) is 14.3. The van der Waals surface area contributed by atoms with Crippen LogP contribution in [0.4, 0.5) is 4.79 Å². The van der Waals surface area contributed by atoms with E-state index in [2.05, 4.69) is 5.32 Å². The van der Waals surface area contributed by atoms with Crippen LogP contribution in [0.15, 0.2) is 0 Å². The second-order valence-electron chi connectivity index (χ2n) is 4.89. The molecule has 6 heteroatoms. The lowest BCUT2D eigenvalue weighted by Gasteiger charge is -2.29. The second kappa shape index (κ2) is 7.20. The van der Waals surface area contributed by atoms with Crippen LogP contribution < -0.4 is 5.32 Å². The largest absolute Gasteiger partial charge is 0.481 e. The molecule has 0 radical (unpaired) electrons. The van der Waals surface area contributed by atoms with Gasteiger partial charge in [0.1, 0.15) is 0 Å². The van der Waals surface area contributed by atoms with Gasteiger partial charge in [-0.2, -0.15) is 0 Å². The summed E-state index contributed by atoms with van der Waals surface area (Å²) in [5.74, 6) is -0.927. The highest BCUT2D eigenvalue weighted by Crippen LogP contribution is 2.20. The SMILES string of the molecule is CCC(C)(CNC(=O)N(CCO)C(C)C)C(=O)O. The number of rotatable bonds is 7. The van der Waals surface area contributed by atoms with Crippen molar-refractivity contribution in [1.82, 2.24) is 10.2 Å². The van der Waals surface area contributed by atoms with E-state index in [0.29, 0.717) is 6.42 Å². The van der Waals surface area contributed by atoms with Gasteiger partial charge >= 0.3 is 12.0 Å². The monoisotopic (exact) mass is 260 g/mol. The molecule has 0 rings (SSSR count). The Morgan fingerprint density at radius 3 is 2.28 bits per heavy atom. The fourth-order valence-electron chi connectivity index (χ4n) is 1.43. The first kappa shape index (κ1) is 16.7. The average Bonchev–Trinajstić information content (AvgIpc) is 2.31. The van der Waals surface area contributed by atoms with E-state index in [1.165, 1.54) is 4.90 Å². The molecular formula is C12H24N2O4. The van der Waals surface area contributed by atoms with Crippen LogP contribution in [0, 0.1) is 5.41 Å². The highest BCUT2D eigenvalue weighted by Gasteiger charge is 2.32. The number of urea groups is 1. The number of hydrogen-bond donors (Lipinski definition) is 3. The summed E-state index contributed by atoms with van der Waals surface area (Å²) in [4.78, 5) is 24.4. The number of aliphatic hydroxyl groups is 1. The minimum Gasteiger partial charge on any atom is -0.481 e. The van der Waals surface area contributed by atoms with E-state index in [4.69, 9.17) is 10.2 Å². The Morgan fingerprint density at radius 2 is 1.94 bits per heavy atom. The molecule has 0 aromatic carbocycles. The summed E-state index contributed by atoms with van der Waals surface area (Å²) in [7, 11) is 0. The van der Waals surface area contributed by atoms with Crippen LogP contribution in [-0.2, 0) is 4.79 Å². The zero-order valence-corrected chi connectivity index (χ0v) is 11.6. The van der Waals surface area contributed by atoms with Gasteiger partial charge in [-0.3, -0.25) is 4.79 Å². The number of aliphatic carboxylic acids is 1. The summed E-state index contributed by atoms with van der Waals surface area (Å²) in [5.41, 5.74) is -0.961. The quantitative estimate of drug-likeness (QED) is 0.634. The van der Waals surface area contributed by atoms with Crippen molar-refractivity contribution in [2.24, 2.45) is 5.41 Å². The first-order valence-electron chi connectivity index (χ1n) is 6.17. The van der Waals surface area contributed by atoms with Gasteiger partial charge in [0, 0.05) is 19.1 Å². The maximum Gasteiger partial charge on any atom is 0.317 e. The van der Waals surface area contributed by atoms with Gasteiger partial charge in [0.05, 0.1) is 12.0 Å². The van der Waals surface area contributed by atoms with Gasteiger partial charge in [0.15, 0.2) is 0 Å². The summed E-state index contributed by atoms with van der Waals surface area (Å²) < 4.78 is 0. The number of amides is 2. The standard InChI is InChI=1S/C12H24N2O4/c1-5-12(4,10(16)17)8-13-11(18)14(6-7-15)9(2)3/h9,15H,5-8H2,1-4H3,(H,13,18)(H,16,17). The van der Waals surface area contributed by atoms with Crippen LogP contribution in [0.1, 0.15) is 34.1 Å². The summed E-state index contributed by atoms with van der Waals surface area (Å²) in [6.45, 7) is 7.24. The van der Waals surface area contributed by atoms with E-state index in [1.54, 1.807) is 13.8 Å². The Hall–Kier alpha value is -1.30. The molecule has 6 nitrogen and oxygen atoms in total. The van der Waals surface area contributed by atoms with Crippen LogP contribution in [-0.4, -0.2) is 52.9 Å². The van der Waals surface area contributed by atoms with Crippen molar-refractivity contribution in [2.45, 2.75) is 40.2 Å². The molecule has 0 aromatic heterocycles. The van der Waals surface area contributed by atoms with E-state index in [1.807, 2.05) is 13.8 Å². The minimum absolute atomic E-state index is 0.0464. The molecule has 1 unspecified atom stereocenters. The fraction of sp³-hybridized carbons (Fsp3) is 0.833. The summed E-state index contributed by atoms with van der Waals surface area (Å²) in [6, 6.07) is -0.394. The van der Waals surface area contributed by atoms with Gasteiger partial charge in [-0.1, -0.05) is 6.92 Å². The Bertz CT molecular complexity index is 294. The van der Waals surface area contributed by atoms with Crippen molar-refractivity contribution >= 4 is 12.0 Å². The molecule has 0 aliphatic heterocycles. The first-order valence-corrected chi connectivity index (χ1v) is 6.17. The number of carboxylic acids is 1. The Labute approximate surface area is 108 Å². The first-order chi connectivity index (χ1) is 8.28. The Kier molecular flexibility index (Phi) is 6.68. The van der Waals surface area contributed by atoms with Gasteiger partial charge in [0.25, 0.3) is 0 Å². The normalized spacial score (nSPS) is 14.1. The number of aliphatic hydroxyl groups excluding tert-OH is 1. The van der Waals surface area contributed by atoms with Crippen molar-refractivity contribution in [3.8, 4) is 0 Å². The lowest BCUT2D eigenvalue weighted by Crippen LogP contribution is -2.49. The number of carbonyl (C=O) groups excluding carboxylic acids is 1. The van der Waals surface area contributed by atoms with Crippen molar-refractivity contribution in [3.63, 3.8) is 0 Å². The molecule has 0 fully saturated rings. The lowest BCUT2D eigenvalue weighted by atomic mass is 9.88. The van der Waals surface area contributed by atoms with Crippen LogP contribution in [0.2, 0.25) is 0 Å². The Balaban J connectivity index is 4.51. The maximum atomic E-state index is 11.9. The number of nitrogens with one attached hydrogen (secondary N) is 1. The molecule has 3 N–H and O–H groups in total. The lowest BCUT2D eigenvalue weighted by molar-refractivity contribution is -0.147.